The number of hydrogen-bond donors (Lipinski definition) is 1. The summed E-state index contributed by atoms with van der Waals surface area (Å²) >= 11 is 0. The minimum Gasteiger partial charge on any atom is -0.342 e. The van der Waals surface area contributed by atoms with Gasteiger partial charge in [0.2, 0.25) is 0 Å². The number of nitrogens with one attached hydrogen (secondary N) is 1. The quantitative estimate of drug-likeness (QED) is 0.836. The topological polar surface area (TPSA) is 75.3 Å². The van der Waals surface area contributed by atoms with Crippen molar-refractivity contribution in [2.24, 2.45) is 0 Å². The maximum atomic E-state index is 13.2. The highest BCUT2D eigenvalue weighted by molar-refractivity contribution is 6.03. The predicted molar refractivity (Wildman–Crippen MR) is 105 cm³/mol. The van der Waals surface area contributed by atoms with Crippen LogP contribution >= 0.6 is 0 Å². The van der Waals surface area contributed by atoms with E-state index in [1.165, 1.54) is 0 Å². The van der Waals surface area contributed by atoms with E-state index >= 15 is 0 Å². The number of amides is 1. The maximum absolute atomic E-state index is 13.2. The van der Waals surface area contributed by atoms with Crippen LogP contribution in [-0.2, 0) is 28.5 Å². The van der Waals surface area contributed by atoms with Gasteiger partial charge in [0.1, 0.15) is 18.3 Å². The Labute approximate surface area is 169 Å². The first-order chi connectivity index (χ1) is 13.7. The fourth-order valence-electron chi connectivity index (χ4n) is 4.36. The normalized spacial score (nSPS) is 34.6. The van der Waals surface area contributed by atoms with Crippen molar-refractivity contribution in [3.05, 3.63) is 42.5 Å². The van der Waals surface area contributed by atoms with Gasteiger partial charge in [-0.25, -0.2) is 0 Å². The molecule has 1 amide bonds. The zero-order valence-electron chi connectivity index (χ0n) is 16.9. The van der Waals surface area contributed by atoms with E-state index in [0.717, 1.165) is 16.5 Å². The van der Waals surface area contributed by atoms with Gasteiger partial charge in [-0.3, -0.25) is 4.79 Å². The van der Waals surface area contributed by atoms with Crippen LogP contribution in [0.4, 0.5) is 5.69 Å². The van der Waals surface area contributed by atoms with E-state index in [2.05, 4.69) is 5.32 Å². The average Bonchev–Trinajstić information content (AvgIpc) is 3.15. The Hall–Kier alpha value is -2.03. The van der Waals surface area contributed by atoms with Crippen LogP contribution in [0.2, 0.25) is 0 Å². The van der Waals surface area contributed by atoms with Crippen LogP contribution in [-0.4, -0.2) is 48.2 Å². The molecule has 3 aliphatic rings. The van der Waals surface area contributed by atoms with Gasteiger partial charge in [0.15, 0.2) is 24.0 Å². The molecule has 5 atom stereocenters. The Bertz CT molecular complexity index is 952. The van der Waals surface area contributed by atoms with Gasteiger partial charge in [0, 0.05) is 11.1 Å². The van der Waals surface area contributed by atoms with Crippen LogP contribution < -0.4 is 5.32 Å². The Morgan fingerprint density at radius 3 is 2.31 bits per heavy atom. The van der Waals surface area contributed by atoms with E-state index < -0.39 is 42.3 Å². The third-order valence-electron chi connectivity index (χ3n) is 5.46. The van der Waals surface area contributed by atoms with E-state index in [1.807, 2.05) is 70.2 Å². The first kappa shape index (κ1) is 19.0. The summed E-state index contributed by atoms with van der Waals surface area (Å²) < 4.78 is 30.0. The molecule has 0 radical (unpaired) electrons. The van der Waals surface area contributed by atoms with Gasteiger partial charge in [-0.2, -0.15) is 0 Å². The summed E-state index contributed by atoms with van der Waals surface area (Å²) in [5.41, 5.74) is 0.720. The Morgan fingerprint density at radius 2 is 1.48 bits per heavy atom. The molecule has 0 unspecified atom stereocenters. The maximum Gasteiger partial charge on any atom is 0.256 e. The van der Waals surface area contributed by atoms with Crippen molar-refractivity contribution in [1.82, 2.24) is 0 Å². The van der Waals surface area contributed by atoms with Crippen LogP contribution in [0, 0.1) is 0 Å². The van der Waals surface area contributed by atoms with Crippen molar-refractivity contribution in [3.63, 3.8) is 0 Å². The summed E-state index contributed by atoms with van der Waals surface area (Å²) in [4.78, 5) is 13.2. The summed E-state index contributed by atoms with van der Waals surface area (Å²) in [6.45, 7) is 7.27. The molecule has 154 valence electrons. The van der Waals surface area contributed by atoms with E-state index in [1.54, 1.807) is 0 Å². The van der Waals surface area contributed by atoms with Crippen LogP contribution in [0.3, 0.4) is 0 Å². The van der Waals surface area contributed by atoms with Crippen molar-refractivity contribution in [2.75, 3.05) is 5.32 Å². The monoisotopic (exact) mass is 399 g/mol. The largest absolute Gasteiger partial charge is 0.342 e. The molecule has 0 saturated carbocycles. The number of rotatable bonds is 2. The second-order valence-electron chi connectivity index (χ2n) is 8.61. The lowest BCUT2D eigenvalue weighted by Crippen LogP contribution is -2.58. The van der Waals surface area contributed by atoms with Crippen LogP contribution in [0.15, 0.2) is 42.5 Å². The summed E-state index contributed by atoms with van der Waals surface area (Å²) in [7, 11) is 0. The molecule has 7 heteroatoms. The lowest BCUT2D eigenvalue weighted by molar-refractivity contribution is -0.229. The average molecular weight is 399 g/mol. The van der Waals surface area contributed by atoms with Crippen LogP contribution in [0.25, 0.3) is 10.8 Å². The molecule has 0 bridgehead atoms. The number of carbonyl (C=O) groups is 1. The number of anilines is 1. The summed E-state index contributed by atoms with van der Waals surface area (Å²) in [5.74, 6) is -1.97. The fourth-order valence-corrected chi connectivity index (χ4v) is 4.36. The summed E-state index contributed by atoms with van der Waals surface area (Å²) in [5, 5.41) is 5.00. The molecule has 3 saturated heterocycles. The molecule has 1 N–H and O–H groups in total. The predicted octanol–water partition coefficient (Wildman–Crippen LogP) is 3.17. The van der Waals surface area contributed by atoms with Crippen molar-refractivity contribution in [3.8, 4) is 0 Å². The van der Waals surface area contributed by atoms with Gasteiger partial charge in [-0.15, -0.1) is 0 Å². The third-order valence-corrected chi connectivity index (χ3v) is 5.46. The SMILES string of the molecule is CC1(C)O[C@@H]2O[C@@H](C(=O)Nc3cccc4ccccc34)[C@H]3OC(C)(C)O[C@H]3[C@H]2O1. The molecule has 0 aromatic heterocycles. The third kappa shape index (κ3) is 3.33. The Morgan fingerprint density at radius 1 is 0.828 bits per heavy atom. The van der Waals surface area contributed by atoms with Gasteiger partial charge in [-0.1, -0.05) is 36.4 Å². The van der Waals surface area contributed by atoms with Crippen molar-refractivity contribution in [2.45, 2.75) is 70.0 Å². The molecule has 0 aliphatic carbocycles. The number of ether oxygens (including phenoxy) is 5. The second-order valence-corrected chi connectivity index (χ2v) is 8.61. The fraction of sp³-hybridized carbons (Fsp3) is 0.500. The van der Waals surface area contributed by atoms with Crippen LogP contribution in [0.1, 0.15) is 27.7 Å². The standard InChI is InChI=1S/C22H25NO6/c1-21(2)26-15-16(27-21)18-20(29-22(3,4)28-18)25-17(15)19(24)23-14-11-7-9-12-8-5-6-10-13(12)14/h5-11,15-18,20H,1-4H3,(H,23,24)/t15-,16+,17+,18+,20-/m0/s1. The van der Waals surface area contributed by atoms with Gasteiger partial charge >= 0.3 is 0 Å². The second kappa shape index (κ2) is 6.48. The zero-order valence-corrected chi connectivity index (χ0v) is 16.9. The van der Waals surface area contributed by atoms with Gasteiger partial charge in [0.25, 0.3) is 5.91 Å². The number of fused-ring (bicyclic) bond motifs is 4. The minimum atomic E-state index is -0.889. The minimum absolute atomic E-state index is 0.301. The molecular formula is C22H25NO6. The number of carbonyl (C=O) groups excluding carboxylic acids is 1. The number of hydrogen-bond acceptors (Lipinski definition) is 6. The van der Waals surface area contributed by atoms with E-state index in [-0.39, 0.29) is 5.91 Å². The first-order valence-corrected chi connectivity index (χ1v) is 9.88. The molecule has 0 spiro atoms. The van der Waals surface area contributed by atoms with E-state index in [4.69, 9.17) is 23.7 Å². The van der Waals surface area contributed by atoms with Crippen molar-refractivity contribution >= 4 is 22.4 Å². The molecule has 2 aromatic carbocycles. The van der Waals surface area contributed by atoms with Crippen LogP contribution in [0.5, 0.6) is 0 Å². The molecule has 3 heterocycles. The molecule has 2 aromatic rings. The van der Waals surface area contributed by atoms with Crippen molar-refractivity contribution < 1.29 is 28.5 Å². The number of benzene rings is 2. The first-order valence-electron chi connectivity index (χ1n) is 9.88. The molecule has 3 fully saturated rings. The molecule has 5 rings (SSSR count). The molecule has 3 aliphatic heterocycles. The molecule has 29 heavy (non-hydrogen) atoms. The molecular weight excluding hydrogens is 374 g/mol. The highest BCUT2D eigenvalue weighted by atomic mass is 16.9. The lowest BCUT2D eigenvalue weighted by atomic mass is 9.98. The van der Waals surface area contributed by atoms with Gasteiger partial charge < -0.3 is 29.0 Å². The highest BCUT2D eigenvalue weighted by Gasteiger charge is 2.62. The van der Waals surface area contributed by atoms with Gasteiger partial charge in [0.05, 0.1) is 0 Å². The Balaban J connectivity index is 1.44. The van der Waals surface area contributed by atoms with E-state index in [9.17, 15) is 4.79 Å². The lowest BCUT2D eigenvalue weighted by Gasteiger charge is -2.36. The summed E-state index contributed by atoms with van der Waals surface area (Å²) in [6.07, 6.45) is -3.11. The zero-order chi connectivity index (χ0) is 20.4. The smallest absolute Gasteiger partial charge is 0.256 e. The Kier molecular flexibility index (Phi) is 4.24. The highest BCUT2D eigenvalue weighted by Crippen LogP contribution is 2.44. The van der Waals surface area contributed by atoms with E-state index in [0.29, 0.717) is 0 Å². The van der Waals surface area contributed by atoms with Gasteiger partial charge in [-0.05, 0) is 39.1 Å². The van der Waals surface area contributed by atoms with Crippen molar-refractivity contribution in [1.29, 1.82) is 0 Å². The summed E-state index contributed by atoms with van der Waals surface area (Å²) in [6, 6.07) is 13.7. The molecule has 7 nitrogen and oxygen atoms in total.